The van der Waals surface area contributed by atoms with Gasteiger partial charge in [-0.1, -0.05) is 18.5 Å². The molecule has 1 saturated carbocycles. The van der Waals surface area contributed by atoms with Crippen LogP contribution < -0.4 is 4.74 Å². The van der Waals surface area contributed by atoms with Crippen LogP contribution in [-0.4, -0.2) is 51.9 Å². The Morgan fingerprint density at radius 2 is 1.94 bits per heavy atom. The first-order chi connectivity index (χ1) is 17.3. The van der Waals surface area contributed by atoms with E-state index in [1.54, 1.807) is 13.2 Å². The Morgan fingerprint density at radius 3 is 2.64 bits per heavy atom. The molecule has 4 aromatic rings. The number of benzene rings is 1. The molecule has 6 nitrogen and oxygen atoms in total. The molecule has 0 spiro atoms. The minimum atomic E-state index is -0.458. The van der Waals surface area contributed by atoms with E-state index in [0.717, 1.165) is 46.3 Å². The van der Waals surface area contributed by atoms with E-state index in [1.165, 1.54) is 18.9 Å². The first kappa shape index (κ1) is 24.8. The average Bonchev–Trinajstić information content (AvgIpc) is 3.48. The molecule has 0 saturated heterocycles. The number of methoxy groups -OCH3 is 1. The summed E-state index contributed by atoms with van der Waals surface area (Å²) in [4.78, 5) is 10.3. The number of aromatic nitrogens is 4. The summed E-state index contributed by atoms with van der Waals surface area (Å²) < 4.78 is 22.0. The number of pyridine rings is 1. The van der Waals surface area contributed by atoms with Gasteiger partial charge in [0.1, 0.15) is 17.2 Å². The lowest BCUT2D eigenvalue weighted by atomic mass is 9.90. The number of nitrogens with zero attached hydrogens (tertiary/aromatic N) is 4. The fourth-order valence-electron chi connectivity index (χ4n) is 5.71. The fraction of sp³-hybridized carbons (Fsp3) is 0.429. The van der Waals surface area contributed by atoms with Crippen LogP contribution >= 0.6 is 11.6 Å². The summed E-state index contributed by atoms with van der Waals surface area (Å²) in [6, 6.07) is 6.18. The molecule has 8 heteroatoms. The Hall–Kier alpha value is -2.90. The summed E-state index contributed by atoms with van der Waals surface area (Å²) in [5.74, 6) is -0.0984. The molecule has 1 N–H and O–H groups in total. The third-order valence-electron chi connectivity index (χ3n) is 7.87. The van der Waals surface area contributed by atoms with Gasteiger partial charge in [-0.3, -0.25) is 4.68 Å². The van der Waals surface area contributed by atoms with Crippen molar-refractivity contribution in [2.45, 2.75) is 57.5 Å². The highest BCUT2D eigenvalue weighted by Crippen LogP contribution is 2.41. The molecule has 36 heavy (non-hydrogen) atoms. The zero-order valence-electron chi connectivity index (χ0n) is 21.5. The van der Waals surface area contributed by atoms with E-state index < -0.39 is 5.82 Å². The summed E-state index contributed by atoms with van der Waals surface area (Å²) >= 11 is 6.40. The van der Waals surface area contributed by atoms with E-state index in [0.29, 0.717) is 23.4 Å². The number of nitrogens with one attached hydrogen (secondary N) is 1. The van der Waals surface area contributed by atoms with Gasteiger partial charge in [-0.15, -0.1) is 0 Å². The third-order valence-corrected chi connectivity index (χ3v) is 8.26. The Balaban J connectivity index is 1.49. The van der Waals surface area contributed by atoms with Crippen molar-refractivity contribution in [2.24, 2.45) is 0 Å². The van der Waals surface area contributed by atoms with Gasteiger partial charge in [0, 0.05) is 52.1 Å². The van der Waals surface area contributed by atoms with Crippen LogP contribution in [0.1, 0.15) is 61.4 Å². The number of aromatic amines is 1. The van der Waals surface area contributed by atoms with E-state index >= 15 is 0 Å². The number of halogens is 2. The van der Waals surface area contributed by atoms with Gasteiger partial charge in [0.2, 0.25) is 0 Å². The summed E-state index contributed by atoms with van der Waals surface area (Å²) in [6.45, 7) is 4.15. The minimum absolute atomic E-state index is 0.0847. The molecule has 0 amide bonds. The smallest absolute Gasteiger partial charge is 0.142 e. The van der Waals surface area contributed by atoms with Crippen molar-refractivity contribution in [3.8, 4) is 16.9 Å². The first-order valence-electron chi connectivity index (χ1n) is 12.5. The van der Waals surface area contributed by atoms with Crippen LogP contribution in [0.4, 0.5) is 4.39 Å². The van der Waals surface area contributed by atoms with Gasteiger partial charge in [0.15, 0.2) is 0 Å². The Bertz CT molecular complexity index is 1390. The molecule has 0 aliphatic heterocycles. The van der Waals surface area contributed by atoms with Crippen molar-refractivity contribution in [2.75, 3.05) is 21.2 Å². The molecule has 1 aromatic carbocycles. The summed E-state index contributed by atoms with van der Waals surface area (Å²) in [5.41, 5.74) is 5.64. The normalized spacial score (nSPS) is 19.2. The zero-order chi connectivity index (χ0) is 25.6. The maximum Gasteiger partial charge on any atom is 0.142 e. The number of H-pyrrole nitrogens is 1. The predicted molar refractivity (Wildman–Crippen MR) is 143 cm³/mol. The van der Waals surface area contributed by atoms with Gasteiger partial charge in [-0.2, -0.15) is 5.10 Å². The van der Waals surface area contributed by atoms with Crippen molar-refractivity contribution in [3.63, 3.8) is 0 Å². The van der Waals surface area contributed by atoms with Crippen LogP contribution in [0.25, 0.3) is 22.2 Å². The second-order valence-corrected chi connectivity index (χ2v) is 10.5. The predicted octanol–water partition coefficient (Wildman–Crippen LogP) is 6.73. The highest BCUT2D eigenvalue weighted by atomic mass is 35.5. The van der Waals surface area contributed by atoms with Crippen LogP contribution in [0.2, 0.25) is 5.02 Å². The Labute approximate surface area is 216 Å². The van der Waals surface area contributed by atoms with E-state index in [1.807, 2.05) is 25.5 Å². The van der Waals surface area contributed by atoms with Crippen LogP contribution in [0.5, 0.6) is 5.75 Å². The molecule has 1 fully saturated rings. The molecule has 190 valence electrons. The van der Waals surface area contributed by atoms with Crippen molar-refractivity contribution in [1.82, 2.24) is 24.6 Å². The molecule has 1 aliphatic carbocycles. The Kier molecular flexibility index (Phi) is 6.79. The highest BCUT2D eigenvalue weighted by molar-refractivity contribution is 6.31. The van der Waals surface area contributed by atoms with Gasteiger partial charge in [-0.05, 0) is 70.5 Å². The maximum atomic E-state index is 14.3. The van der Waals surface area contributed by atoms with E-state index in [4.69, 9.17) is 26.4 Å². The van der Waals surface area contributed by atoms with Gasteiger partial charge in [0.05, 0.1) is 24.4 Å². The van der Waals surface area contributed by atoms with Gasteiger partial charge in [-0.25, -0.2) is 9.37 Å². The van der Waals surface area contributed by atoms with Gasteiger partial charge in [0.25, 0.3) is 0 Å². The molecule has 0 unspecified atom stereocenters. The molecule has 1 aliphatic rings. The van der Waals surface area contributed by atoms with Crippen molar-refractivity contribution < 1.29 is 9.13 Å². The van der Waals surface area contributed by atoms with Crippen LogP contribution in [-0.2, 0) is 0 Å². The van der Waals surface area contributed by atoms with Crippen molar-refractivity contribution in [3.05, 3.63) is 64.5 Å². The quantitative estimate of drug-likeness (QED) is 0.313. The van der Waals surface area contributed by atoms with E-state index in [2.05, 4.69) is 41.7 Å². The number of hydrogen-bond donors (Lipinski definition) is 1. The zero-order valence-corrected chi connectivity index (χ0v) is 22.2. The molecule has 1 atom stereocenters. The largest absolute Gasteiger partial charge is 0.496 e. The van der Waals surface area contributed by atoms with Crippen LogP contribution in [0, 0.1) is 12.7 Å². The highest BCUT2D eigenvalue weighted by Gasteiger charge is 2.26. The van der Waals surface area contributed by atoms with Crippen molar-refractivity contribution >= 4 is 22.6 Å². The van der Waals surface area contributed by atoms with Crippen LogP contribution in [0.3, 0.4) is 0 Å². The summed E-state index contributed by atoms with van der Waals surface area (Å²) in [5, 5.41) is 5.85. The SMILES string of the molecule is COc1ccc(F)c(Cl)c1[C@@H](C)c1c[nH]c2ncc(-c3cnn(C4CCC(N(C)C)CC4)c3C)cc12. The van der Waals surface area contributed by atoms with E-state index in [-0.39, 0.29) is 10.9 Å². The number of ether oxygens (including phenoxy) is 1. The topological polar surface area (TPSA) is 59.0 Å². The maximum absolute atomic E-state index is 14.3. The van der Waals surface area contributed by atoms with Gasteiger partial charge < -0.3 is 14.6 Å². The second kappa shape index (κ2) is 9.87. The Morgan fingerprint density at radius 1 is 1.19 bits per heavy atom. The molecule has 3 aromatic heterocycles. The third kappa shape index (κ3) is 4.28. The molecular formula is C28H33ClFN5O. The molecule has 3 heterocycles. The van der Waals surface area contributed by atoms with Gasteiger partial charge >= 0.3 is 0 Å². The number of hydrogen-bond acceptors (Lipinski definition) is 4. The lowest BCUT2D eigenvalue weighted by Gasteiger charge is -2.33. The summed E-state index contributed by atoms with van der Waals surface area (Å²) in [7, 11) is 5.90. The average molecular weight is 510 g/mol. The van der Waals surface area contributed by atoms with Crippen LogP contribution in [0.15, 0.2) is 36.8 Å². The second-order valence-electron chi connectivity index (χ2n) is 10.1. The molecule has 0 bridgehead atoms. The fourth-order valence-corrected chi connectivity index (χ4v) is 6.03. The lowest BCUT2D eigenvalue weighted by Crippen LogP contribution is -2.33. The number of fused-ring (bicyclic) bond motifs is 1. The standard InChI is InChI=1S/C28H33ClFN5O/c1-16(26-25(36-5)11-10-24(30)27(26)29)22-14-32-28-21(22)12-18(13-31-28)23-15-33-35(17(23)2)20-8-6-19(7-9-20)34(3)4/h10-16,19-20H,6-9H2,1-5H3,(H,31,32)/t16-,19?,20?/m0/s1. The first-order valence-corrected chi connectivity index (χ1v) is 12.9. The number of rotatable bonds is 6. The minimum Gasteiger partial charge on any atom is -0.496 e. The van der Waals surface area contributed by atoms with Crippen molar-refractivity contribution in [1.29, 1.82) is 0 Å². The monoisotopic (exact) mass is 509 g/mol. The summed E-state index contributed by atoms with van der Waals surface area (Å²) in [6.07, 6.45) is 10.4. The molecule has 5 rings (SSSR count). The molecule has 0 radical (unpaired) electrons. The lowest BCUT2D eigenvalue weighted by molar-refractivity contribution is 0.188. The van der Waals surface area contributed by atoms with E-state index in [9.17, 15) is 4.39 Å². The molecular weight excluding hydrogens is 477 g/mol.